The Morgan fingerprint density at radius 2 is 1.97 bits per heavy atom. The summed E-state index contributed by atoms with van der Waals surface area (Å²) in [5.41, 5.74) is 11.1. The van der Waals surface area contributed by atoms with Crippen LogP contribution in [0.4, 0.5) is 0 Å². The zero-order valence-corrected chi connectivity index (χ0v) is 19.3. The second kappa shape index (κ2) is 12.9. The molecule has 0 aliphatic carbocycles. The molecule has 1 aromatic rings. The molecule has 0 radical (unpaired) electrons. The Morgan fingerprint density at radius 1 is 1.24 bits per heavy atom. The molecule has 1 aromatic carbocycles. The highest BCUT2D eigenvalue weighted by atomic mass is 32.2. The molecule has 1 fully saturated rings. The van der Waals surface area contributed by atoms with Crippen LogP contribution < -0.4 is 21.5 Å². The summed E-state index contributed by atoms with van der Waals surface area (Å²) in [6.07, 6.45) is 3.11. The normalized spacial score (nSPS) is 17.6. The first kappa shape index (κ1) is 26.3. The van der Waals surface area contributed by atoms with Gasteiger partial charge in [0, 0.05) is 13.1 Å². The number of benzene rings is 1. The third kappa shape index (κ3) is 9.58. The van der Waals surface area contributed by atoms with Crippen LogP contribution in [-0.4, -0.2) is 69.1 Å². The number of carbonyl (C=O) groups is 3. The number of sulfonamides is 1. The lowest BCUT2D eigenvalue weighted by molar-refractivity contribution is -0.137. The van der Waals surface area contributed by atoms with Gasteiger partial charge in [-0.15, -0.1) is 0 Å². The molecule has 2 amide bonds. The van der Waals surface area contributed by atoms with Crippen LogP contribution in [0.5, 0.6) is 0 Å². The van der Waals surface area contributed by atoms with Gasteiger partial charge in [0.05, 0.1) is 18.3 Å². The summed E-state index contributed by atoms with van der Waals surface area (Å²) >= 11 is 0. The van der Waals surface area contributed by atoms with Crippen LogP contribution in [-0.2, 0) is 30.2 Å². The van der Waals surface area contributed by atoms with Crippen LogP contribution in [0.3, 0.4) is 0 Å². The minimum absolute atomic E-state index is 0.0460. The van der Waals surface area contributed by atoms with Crippen molar-refractivity contribution in [1.82, 2.24) is 14.9 Å². The van der Waals surface area contributed by atoms with Gasteiger partial charge in [-0.1, -0.05) is 30.3 Å². The molecule has 182 valence electrons. The van der Waals surface area contributed by atoms with E-state index in [-0.39, 0.29) is 18.3 Å². The van der Waals surface area contributed by atoms with Crippen molar-refractivity contribution < 1.29 is 22.8 Å². The predicted octanol–water partition coefficient (Wildman–Crippen LogP) is -0.776. The first-order chi connectivity index (χ1) is 15.7. The van der Waals surface area contributed by atoms with E-state index in [1.807, 2.05) is 0 Å². The quantitative estimate of drug-likeness (QED) is 0.131. The average molecular weight is 481 g/mol. The van der Waals surface area contributed by atoms with Crippen molar-refractivity contribution in [2.24, 2.45) is 16.5 Å². The van der Waals surface area contributed by atoms with Gasteiger partial charge in [-0.25, -0.2) is 13.1 Å². The summed E-state index contributed by atoms with van der Waals surface area (Å²) in [5, 5.41) is 2.59. The summed E-state index contributed by atoms with van der Waals surface area (Å²) in [7, 11) is -3.75. The lowest BCUT2D eigenvalue weighted by atomic mass is 10.1. The first-order valence-electron chi connectivity index (χ1n) is 10.8. The van der Waals surface area contributed by atoms with Crippen LogP contribution in [0.25, 0.3) is 0 Å². The molecule has 12 heteroatoms. The number of guanidine groups is 1. The Labute approximate surface area is 194 Å². The summed E-state index contributed by atoms with van der Waals surface area (Å²) in [4.78, 5) is 41.8. The summed E-state index contributed by atoms with van der Waals surface area (Å²) < 4.78 is 27.7. The van der Waals surface area contributed by atoms with Crippen molar-refractivity contribution in [2.45, 2.75) is 49.9 Å². The van der Waals surface area contributed by atoms with Crippen LogP contribution in [0, 0.1) is 0 Å². The lowest BCUT2D eigenvalue weighted by Gasteiger charge is -2.25. The van der Waals surface area contributed by atoms with Gasteiger partial charge in [-0.2, -0.15) is 0 Å². The number of amides is 2. The van der Waals surface area contributed by atoms with E-state index in [4.69, 9.17) is 11.5 Å². The van der Waals surface area contributed by atoms with E-state index < -0.39 is 33.9 Å². The number of hydrogen-bond donors (Lipinski definition) is 4. The summed E-state index contributed by atoms with van der Waals surface area (Å²) in [6.45, 7) is 0.408. The van der Waals surface area contributed by atoms with E-state index in [1.54, 1.807) is 30.3 Å². The molecule has 33 heavy (non-hydrogen) atoms. The van der Waals surface area contributed by atoms with E-state index in [0.29, 0.717) is 57.0 Å². The van der Waals surface area contributed by atoms with Gasteiger partial charge >= 0.3 is 0 Å². The van der Waals surface area contributed by atoms with Gasteiger partial charge in [0.1, 0.15) is 12.3 Å². The Balaban J connectivity index is 1.92. The largest absolute Gasteiger partial charge is 0.370 e. The van der Waals surface area contributed by atoms with Crippen LogP contribution >= 0.6 is 0 Å². The van der Waals surface area contributed by atoms with Crippen LogP contribution in [0.1, 0.15) is 37.7 Å². The van der Waals surface area contributed by atoms with Gasteiger partial charge in [0.15, 0.2) is 5.96 Å². The Hall–Kier alpha value is -2.99. The molecule has 0 aromatic heterocycles. The van der Waals surface area contributed by atoms with E-state index in [9.17, 15) is 22.8 Å². The maximum Gasteiger partial charge on any atom is 0.241 e. The molecule has 1 saturated heterocycles. The fourth-order valence-corrected chi connectivity index (χ4v) is 4.91. The highest BCUT2D eigenvalue weighted by Gasteiger charge is 2.31. The second-order valence-corrected chi connectivity index (χ2v) is 9.68. The van der Waals surface area contributed by atoms with E-state index >= 15 is 0 Å². The van der Waals surface area contributed by atoms with Crippen LogP contribution in [0.15, 0.2) is 35.3 Å². The molecule has 2 unspecified atom stereocenters. The number of nitrogens with two attached hydrogens (primary N) is 2. The third-order valence-electron chi connectivity index (χ3n) is 5.11. The smallest absolute Gasteiger partial charge is 0.241 e. The zero-order chi connectivity index (χ0) is 24.3. The molecule has 0 saturated carbocycles. The highest BCUT2D eigenvalue weighted by molar-refractivity contribution is 7.88. The number of rotatable bonds is 12. The minimum Gasteiger partial charge on any atom is -0.370 e. The number of likely N-dealkylation sites (tertiary alicyclic amines) is 1. The predicted molar refractivity (Wildman–Crippen MR) is 124 cm³/mol. The van der Waals surface area contributed by atoms with Crippen molar-refractivity contribution in [3.63, 3.8) is 0 Å². The minimum atomic E-state index is -3.75. The summed E-state index contributed by atoms with van der Waals surface area (Å²) in [5.74, 6) is -1.22. The molecular formula is C21H32N6O5S. The molecule has 1 aliphatic heterocycles. The molecule has 1 heterocycles. The molecular weight excluding hydrogens is 448 g/mol. The zero-order valence-electron chi connectivity index (χ0n) is 18.5. The number of hydrogen-bond acceptors (Lipinski definition) is 6. The fourth-order valence-electron chi connectivity index (χ4n) is 3.54. The molecule has 0 spiro atoms. The topological polar surface area (TPSA) is 177 Å². The lowest BCUT2D eigenvalue weighted by Crippen LogP contribution is -2.51. The molecule has 11 nitrogen and oxygen atoms in total. The number of nitrogens with zero attached hydrogens (tertiary/aromatic N) is 2. The Kier molecular flexibility index (Phi) is 10.3. The molecule has 0 bridgehead atoms. The second-order valence-electron chi connectivity index (χ2n) is 7.93. The van der Waals surface area contributed by atoms with E-state index in [1.165, 1.54) is 4.90 Å². The van der Waals surface area contributed by atoms with Crippen molar-refractivity contribution in [3.05, 3.63) is 35.9 Å². The van der Waals surface area contributed by atoms with Gasteiger partial charge in [0.25, 0.3) is 0 Å². The van der Waals surface area contributed by atoms with Crippen molar-refractivity contribution >= 4 is 34.1 Å². The number of carbonyl (C=O) groups excluding carboxylic acids is 3. The van der Waals surface area contributed by atoms with Crippen molar-refractivity contribution in [3.8, 4) is 0 Å². The maximum atomic E-state index is 13.0. The molecule has 6 N–H and O–H groups in total. The SMILES string of the molecule is NC(N)=NCCCC(C=O)NC(=O)CN1CCCCC(NS(=O)(=O)Cc2ccccc2)C1=O. The molecule has 2 rings (SSSR count). The number of aldehydes is 1. The van der Waals surface area contributed by atoms with Gasteiger partial charge in [-0.3, -0.25) is 14.6 Å². The Bertz CT molecular complexity index is 934. The van der Waals surface area contributed by atoms with Gasteiger partial charge < -0.3 is 26.5 Å². The third-order valence-corrected chi connectivity index (χ3v) is 6.47. The monoisotopic (exact) mass is 480 g/mol. The fraction of sp³-hybridized carbons (Fsp3) is 0.524. The average Bonchev–Trinajstić information content (AvgIpc) is 2.92. The summed E-state index contributed by atoms with van der Waals surface area (Å²) in [6, 6.07) is 7.02. The maximum absolute atomic E-state index is 13.0. The van der Waals surface area contributed by atoms with E-state index in [2.05, 4.69) is 15.0 Å². The van der Waals surface area contributed by atoms with Gasteiger partial charge in [0.2, 0.25) is 21.8 Å². The van der Waals surface area contributed by atoms with Crippen molar-refractivity contribution in [2.75, 3.05) is 19.6 Å². The standard InChI is InChI=1S/C21H32N6O5S/c22-21(23)24-11-6-9-17(14-28)25-19(29)13-27-12-5-4-10-18(20(27)30)26-33(31,32)15-16-7-2-1-3-8-16/h1-3,7-8,14,17-18,26H,4-6,9-13,15H2,(H,25,29)(H4,22,23,24). The molecule has 2 atom stereocenters. The van der Waals surface area contributed by atoms with Gasteiger partial charge in [-0.05, 0) is 37.7 Å². The van der Waals surface area contributed by atoms with Crippen molar-refractivity contribution in [1.29, 1.82) is 0 Å². The number of nitrogens with one attached hydrogen (secondary N) is 2. The van der Waals surface area contributed by atoms with Crippen LogP contribution in [0.2, 0.25) is 0 Å². The highest BCUT2D eigenvalue weighted by Crippen LogP contribution is 2.14. The number of aliphatic imine (C=N–C) groups is 1. The first-order valence-corrected chi connectivity index (χ1v) is 12.5. The Morgan fingerprint density at radius 3 is 2.64 bits per heavy atom. The molecule has 1 aliphatic rings. The van der Waals surface area contributed by atoms with E-state index in [0.717, 1.165) is 0 Å².